The summed E-state index contributed by atoms with van der Waals surface area (Å²) in [7, 11) is 1.66. The predicted molar refractivity (Wildman–Crippen MR) is 111 cm³/mol. The molecular weight excluding hydrogens is 385 g/mol. The van der Waals surface area contributed by atoms with Gasteiger partial charge < -0.3 is 15.4 Å². The lowest BCUT2D eigenvalue weighted by molar-refractivity contribution is 0.377. The lowest BCUT2D eigenvalue weighted by atomic mass is 9.86. The Labute approximate surface area is 174 Å². The van der Waals surface area contributed by atoms with Crippen molar-refractivity contribution in [3.05, 3.63) is 30.0 Å². The molecule has 5 rings (SSSR count). The molecule has 1 unspecified atom stereocenters. The number of ether oxygens (including phenoxy) is 1. The molecule has 30 heavy (non-hydrogen) atoms. The van der Waals surface area contributed by atoms with Crippen LogP contribution in [0.4, 0.5) is 10.3 Å². The van der Waals surface area contributed by atoms with Gasteiger partial charge in [-0.05, 0) is 25.8 Å². The Morgan fingerprint density at radius 2 is 2.03 bits per heavy atom. The normalized spacial score (nSPS) is 20.0. The minimum Gasteiger partial charge on any atom is -0.495 e. The summed E-state index contributed by atoms with van der Waals surface area (Å²) < 4.78 is 22.0. The molecule has 3 aromatic heterocycles. The van der Waals surface area contributed by atoms with Crippen molar-refractivity contribution in [3.8, 4) is 17.1 Å². The number of anilines is 1. The summed E-state index contributed by atoms with van der Waals surface area (Å²) in [4.78, 5) is 13.0. The average molecular weight is 411 g/mol. The zero-order valence-electron chi connectivity index (χ0n) is 17.1. The highest BCUT2D eigenvalue weighted by Crippen LogP contribution is 2.37. The largest absolute Gasteiger partial charge is 0.495 e. The van der Waals surface area contributed by atoms with Crippen molar-refractivity contribution in [2.75, 3.05) is 25.5 Å². The van der Waals surface area contributed by atoms with Crippen LogP contribution in [0.3, 0.4) is 0 Å². The highest BCUT2D eigenvalue weighted by Gasteiger charge is 2.24. The minimum atomic E-state index is -0.497. The van der Waals surface area contributed by atoms with E-state index in [1.54, 1.807) is 17.8 Å². The van der Waals surface area contributed by atoms with Crippen LogP contribution < -0.4 is 15.4 Å². The Balaban J connectivity index is 1.55. The van der Waals surface area contributed by atoms with Crippen molar-refractivity contribution in [1.82, 2.24) is 29.9 Å². The van der Waals surface area contributed by atoms with Gasteiger partial charge in [0.15, 0.2) is 11.5 Å². The third-order valence-electron chi connectivity index (χ3n) is 6.08. The Kier molecular flexibility index (Phi) is 5.20. The molecule has 3 aromatic rings. The molecule has 9 heteroatoms. The van der Waals surface area contributed by atoms with Gasteiger partial charge in [0.25, 0.3) is 0 Å². The van der Waals surface area contributed by atoms with E-state index < -0.39 is 5.82 Å². The number of aromatic nitrogens is 5. The highest BCUT2D eigenvalue weighted by atomic mass is 19.1. The maximum atomic E-state index is 14.7. The fourth-order valence-corrected chi connectivity index (χ4v) is 4.47. The molecule has 0 spiro atoms. The van der Waals surface area contributed by atoms with Gasteiger partial charge in [0.05, 0.1) is 19.5 Å². The van der Waals surface area contributed by atoms with Gasteiger partial charge in [-0.15, -0.1) is 0 Å². The van der Waals surface area contributed by atoms with Crippen molar-refractivity contribution in [2.24, 2.45) is 0 Å². The van der Waals surface area contributed by atoms with Crippen LogP contribution in [0.15, 0.2) is 18.5 Å². The number of nitrogens with one attached hydrogen (secondary N) is 2. The Hall–Kier alpha value is -2.81. The summed E-state index contributed by atoms with van der Waals surface area (Å²) in [5.74, 6) is 1.00. The maximum absolute atomic E-state index is 14.7. The van der Waals surface area contributed by atoms with Crippen molar-refractivity contribution in [2.45, 2.75) is 50.5 Å². The third kappa shape index (κ3) is 3.58. The van der Waals surface area contributed by atoms with E-state index >= 15 is 0 Å². The van der Waals surface area contributed by atoms with Crippen molar-refractivity contribution < 1.29 is 9.13 Å². The first-order valence-electron chi connectivity index (χ1n) is 10.7. The fourth-order valence-electron chi connectivity index (χ4n) is 4.47. The zero-order chi connectivity index (χ0) is 20.5. The second-order valence-corrected chi connectivity index (χ2v) is 8.07. The standard InChI is InChI=1S/C21H26FN7O/c1-30-17-9-18-24-12-16(29(18)28-19(17)13-5-3-2-4-6-13)20-15(22)11-25-21(27-20)26-14-7-8-23-10-14/h9,11-14,23H,2-8,10H2,1H3,(H,25,26,27). The molecule has 2 N–H and O–H groups in total. The van der Waals surface area contributed by atoms with Gasteiger partial charge in [-0.25, -0.2) is 23.9 Å². The smallest absolute Gasteiger partial charge is 0.223 e. The molecule has 0 amide bonds. The summed E-state index contributed by atoms with van der Waals surface area (Å²) in [5.41, 5.74) is 2.22. The number of fused-ring (bicyclic) bond motifs is 1. The predicted octanol–water partition coefficient (Wildman–Crippen LogP) is 3.16. The van der Waals surface area contributed by atoms with E-state index in [9.17, 15) is 4.39 Å². The zero-order valence-corrected chi connectivity index (χ0v) is 17.1. The SMILES string of the molecule is COc1cc2ncc(-c3nc(NC4CCNC4)ncc3F)n2nc1C1CCCCC1. The van der Waals surface area contributed by atoms with Gasteiger partial charge >= 0.3 is 0 Å². The molecule has 8 nitrogen and oxygen atoms in total. The van der Waals surface area contributed by atoms with E-state index in [2.05, 4.69) is 25.6 Å². The Bertz CT molecular complexity index is 1040. The second-order valence-electron chi connectivity index (χ2n) is 8.07. The lowest BCUT2D eigenvalue weighted by Crippen LogP contribution is -2.23. The molecule has 1 saturated carbocycles. The molecule has 1 aliphatic heterocycles. The van der Waals surface area contributed by atoms with Gasteiger partial charge in [-0.2, -0.15) is 5.10 Å². The molecule has 4 heterocycles. The van der Waals surface area contributed by atoms with Crippen LogP contribution in [0.1, 0.15) is 50.1 Å². The molecule has 1 atom stereocenters. The summed E-state index contributed by atoms with van der Waals surface area (Å²) in [6.07, 6.45) is 9.62. The summed E-state index contributed by atoms with van der Waals surface area (Å²) >= 11 is 0. The van der Waals surface area contributed by atoms with E-state index in [0.717, 1.165) is 43.8 Å². The molecule has 158 valence electrons. The van der Waals surface area contributed by atoms with E-state index in [1.807, 2.05) is 6.07 Å². The second kappa shape index (κ2) is 8.14. The van der Waals surface area contributed by atoms with Crippen LogP contribution in [0.5, 0.6) is 5.75 Å². The first-order valence-corrected chi connectivity index (χ1v) is 10.7. The molecule has 0 radical (unpaired) electrons. The Morgan fingerprint density at radius 3 is 2.80 bits per heavy atom. The molecule has 2 aliphatic rings. The van der Waals surface area contributed by atoms with E-state index in [1.165, 1.54) is 25.5 Å². The van der Waals surface area contributed by atoms with Gasteiger partial charge in [-0.3, -0.25) is 0 Å². The van der Waals surface area contributed by atoms with Crippen molar-refractivity contribution in [1.29, 1.82) is 0 Å². The maximum Gasteiger partial charge on any atom is 0.223 e. The first kappa shape index (κ1) is 19.2. The quantitative estimate of drug-likeness (QED) is 0.667. The van der Waals surface area contributed by atoms with Crippen LogP contribution in [-0.2, 0) is 0 Å². The number of hydrogen-bond acceptors (Lipinski definition) is 7. The summed E-state index contributed by atoms with van der Waals surface area (Å²) in [6.45, 7) is 1.80. The Morgan fingerprint density at radius 1 is 1.17 bits per heavy atom. The van der Waals surface area contributed by atoms with Gasteiger partial charge in [-0.1, -0.05) is 19.3 Å². The fraction of sp³-hybridized carbons (Fsp3) is 0.524. The van der Waals surface area contributed by atoms with Gasteiger partial charge in [0.2, 0.25) is 5.95 Å². The van der Waals surface area contributed by atoms with Crippen molar-refractivity contribution in [3.63, 3.8) is 0 Å². The van der Waals surface area contributed by atoms with Crippen LogP contribution in [0.2, 0.25) is 0 Å². The van der Waals surface area contributed by atoms with E-state index in [4.69, 9.17) is 9.84 Å². The molecule has 1 saturated heterocycles. The number of methoxy groups -OCH3 is 1. The minimum absolute atomic E-state index is 0.193. The van der Waals surface area contributed by atoms with Crippen LogP contribution in [0, 0.1) is 5.82 Å². The monoisotopic (exact) mass is 411 g/mol. The number of nitrogens with zero attached hydrogens (tertiary/aromatic N) is 5. The molecule has 0 aromatic carbocycles. The van der Waals surface area contributed by atoms with Crippen LogP contribution in [0.25, 0.3) is 17.0 Å². The number of imidazole rings is 1. The first-order chi connectivity index (χ1) is 14.7. The third-order valence-corrected chi connectivity index (χ3v) is 6.08. The van der Waals surface area contributed by atoms with Crippen molar-refractivity contribution >= 4 is 11.6 Å². The number of halogens is 1. The lowest BCUT2D eigenvalue weighted by Gasteiger charge is -2.22. The van der Waals surface area contributed by atoms with Gasteiger partial charge in [0.1, 0.15) is 22.8 Å². The highest BCUT2D eigenvalue weighted by molar-refractivity contribution is 5.62. The molecule has 2 fully saturated rings. The van der Waals surface area contributed by atoms with Crippen LogP contribution in [-0.4, -0.2) is 50.8 Å². The van der Waals surface area contributed by atoms with E-state index in [-0.39, 0.29) is 11.7 Å². The number of hydrogen-bond donors (Lipinski definition) is 2. The number of rotatable bonds is 5. The van der Waals surface area contributed by atoms with Crippen LogP contribution >= 0.6 is 0 Å². The average Bonchev–Trinajstić information content (AvgIpc) is 3.44. The summed E-state index contributed by atoms with van der Waals surface area (Å²) in [5, 5.41) is 11.4. The summed E-state index contributed by atoms with van der Waals surface area (Å²) in [6, 6.07) is 2.12. The van der Waals surface area contributed by atoms with Gasteiger partial charge in [0, 0.05) is 24.6 Å². The molecule has 1 aliphatic carbocycles. The van der Waals surface area contributed by atoms with E-state index in [0.29, 0.717) is 23.2 Å². The molecular formula is C21H26FN7O. The molecule has 0 bridgehead atoms. The topological polar surface area (TPSA) is 89.3 Å².